The van der Waals surface area contributed by atoms with Gasteiger partial charge in [-0.1, -0.05) is 36.4 Å². The van der Waals surface area contributed by atoms with E-state index in [-0.39, 0.29) is 11.5 Å². The molecule has 1 amide bonds. The summed E-state index contributed by atoms with van der Waals surface area (Å²) in [5.74, 6) is 0.176. The zero-order valence-electron chi connectivity index (χ0n) is 14.1. The number of hydrogen-bond acceptors (Lipinski definition) is 4. The predicted molar refractivity (Wildman–Crippen MR) is 101 cm³/mol. The van der Waals surface area contributed by atoms with Crippen molar-refractivity contribution in [2.45, 2.75) is 11.8 Å². The number of fused-ring (bicyclic) bond motifs is 1. The van der Waals surface area contributed by atoms with Gasteiger partial charge in [-0.15, -0.1) is 0 Å². The Kier molecular flexibility index (Phi) is 4.92. The van der Waals surface area contributed by atoms with Crippen LogP contribution in [0.2, 0.25) is 0 Å². The largest absolute Gasteiger partial charge is 0.484 e. The third-order valence-electron chi connectivity index (χ3n) is 3.87. The van der Waals surface area contributed by atoms with Crippen molar-refractivity contribution in [1.82, 2.24) is 0 Å². The van der Waals surface area contributed by atoms with Crippen molar-refractivity contribution >= 4 is 32.4 Å². The van der Waals surface area contributed by atoms with Gasteiger partial charge < -0.3 is 10.1 Å². The fourth-order valence-corrected chi connectivity index (χ4v) is 3.40. The van der Waals surface area contributed by atoms with Crippen LogP contribution in [0.25, 0.3) is 10.8 Å². The Morgan fingerprint density at radius 3 is 2.50 bits per heavy atom. The van der Waals surface area contributed by atoms with Crippen molar-refractivity contribution in [2.24, 2.45) is 5.14 Å². The van der Waals surface area contributed by atoms with E-state index in [0.717, 1.165) is 10.8 Å². The molecule has 0 aromatic heterocycles. The van der Waals surface area contributed by atoms with Crippen LogP contribution < -0.4 is 15.2 Å². The van der Waals surface area contributed by atoms with Gasteiger partial charge in [-0.05, 0) is 47.5 Å². The van der Waals surface area contributed by atoms with Crippen molar-refractivity contribution in [3.63, 3.8) is 0 Å². The molecule has 3 aromatic rings. The lowest BCUT2D eigenvalue weighted by atomic mass is 10.1. The molecule has 134 valence electrons. The van der Waals surface area contributed by atoms with E-state index in [0.29, 0.717) is 17.0 Å². The van der Waals surface area contributed by atoms with Crippen molar-refractivity contribution in [2.75, 3.05) is 11.9 Å². The second-order valence-electron chi connectivity index (χ2n) is 5.87. The van der Waals surface area contributed by atoms with E-state index in [1.165, 1.54) is 6.07 Å². The summed E-state index contributed by atoms with van der Waals surface area (Å²) < 4.78 is 28.6. The summed E-state index contributed by atoms with van der Waals surface area (Å²) in [5.41, 5.74) is 0.852. The maximum atomic E-state index is 12.1. The van der Waals surface area contributed by atoms with E-state index in [2.05, 4.69) is 5.32 Å². The first-order valence-electron chi connectivity index (χ1n) is 7.88. The Balaban J connectivity index is 1.67. The molecule has 0 radical (unpaired) electrons. The molecule has 0 unspecified atom stereocenters. The van der Waals surface area contributed by atoms with Crippen LogP contribution in [0.4, 0.5) is 5.69 Å². The molecule has 0 heterocycles. The molecule has 7 heteroatoms. The highest BCUT2D eigenvalue weighted by atomic mass is 32.2. The van der Waals surface area contributed by atoms with Crippen molar-refractivity contribution < 1.29 is 17.9 Å². The van der Waals surface area contributed by atoms with Crippen LogP contribution in [-0.4, -0.2) is 20.9 Å². The molecule has 0 aliphatic heterocycles. The normalized spacial score (nSPS) is 11.3. The van der Waals surface area contributed by atoms with Crippen LogP contribution in [0.15, 0.2) is 65.6 Å². The number of nitrogens with two attached hydrogens (primary N) is 1. The number of hydrogen-bond donors (Lipinski definition) is 2. The van der Waals surface area contributed by atoms with Gasteiger partial charge in [-0.25, -0.2) is 13.6 Å². The molecule has 0 fully saturated rings. The fraction of sp³-hybridized carbons (Fsp3) is 0.105. The summed E-state index contributed by atoms with van der Waals surface area (Å²) in [6.07, 6.45) is 0. The SMILES string of the molecule is Cc1ccc(NC(=O)COc2ccc3ccccc3c2)cc1S(N)(=O)=O. The average molecular weight is 370 g/mol. The number of nitrogens with one attached hydrogen (secondary N) is 1. The highest BCUT2D eigenvalue weighted by molar-refractivity contribution is 7.89. The Morgan fingerprint density at radius 2 is 1.77 bits per heavy atom. The zero-order chi connectivity index (χ0) is 18.7. The number of rotatable bonds is 5. The van der Waals surface area contributed by atoms with Gasteiger partial charge >= 0.3 is 0 Å². The summed E-state index contributed by atoms with van der Waals surface area (Å²) in [7, 11) is -3.85. The molecule has 0 spiro atoms. The van der Waals surface area contributed by atoms with Crippen LogP contribution in [0.3, 0.4) is 0 Å². The van der Waals surface area contributed by atoms with Gasteiger partial charge in [0.25, 0.3) is 5.91 Å². The molecule has 26 heavy (non-hydrogen) atoms. The monoisotopic (exact) mass is 370 g/mol. The number of anilines is 1. The number of amides is 1. The van der Waals surface area contributed by atoms with Crippen LogP contribution in [0.5, 0.6) is 5.75 Å². The molecule has 0 atom stereocenters. The van der Waals surface area contributed by atoms with E-state index in [4.69, 9.17) is 9.88 Å². The standard InChI is InChI=1S/C19H18N2O4S/c1-13-6-8-16(11-18(13)26(20,23)24)21-19(22)12-25-17-9-7-14-4-2-3-5-15(14)10-17/h2-11H,12H2,1H3,(H,21,22)(H2,20,23,24). The maximum absolute atomic E-state index is 12.1. The smallest absolute Gasteiger partial charge is 0.262 e. The maximum Gasteiger partial charge on any atom is 0.262 e. The van der Waals surface area contributed by atoms with E-state index in [1.54, 1.807) is 25.1 Å². The Labute approximate surface area is 151 Å². The van der Waals surface area contributed by atoms with Crippen molar-refractivity contribution in [3.8, 4) is 5.75 Å². The van der Waals surface area contributed by atoms with E-state index < -0.39 is 15.9 Å². The number of ether oxygens (including phenoxy) is 1. The lowest BCUT2D eigenvalue weighted by Gasteiger charge is -2.10. The van der Waals surface area contributed by atoms with Crippen LogP contribution in [-0.2, 0) is 14.8 Å². The minimum absolute atomic E-state index is 0.0225. The molecule has 3 aromatic carbocycles. The van der Waals surface area contributed by atoms with Crippen LogP contribution in [0, 0.1) is 6.92 Å². The average Bonchev–Trinajstić information content (AvgIpc) is 2.60. The van der Waals surface area contributed by atoms with Gasteiger partial charge in [0.1, 0.15) is 5.75 Å². The molecule has 0 aliphatic rings. The molecule has 0 bridgehead atoms. The summed E-state index contributed by atoms with van der Waals surface area (Å²) in [6, 6.07) is 17.9. The number of aryl methyl sites for hydroxylation is 1. The predicted octanol–water partition coefficient (Wildman–Crippen LogP) is 2.81. The number of benzene rings is 3. The summed E-state index contributed by atoms with van der Waals surface area (Å²) in [5, 5.41) is 9.88. The number of carbonyl (C=O) groups excluding carboxylic acids is 1. The van der Waals surface area contributed by atoms with Gasteiger partial charge in [0.15, 0.2) is 6.61 Å². The van der Waals surface area contributed by atoms with E-state index >= 15 is 0 Å². The van der Waals surface area contributed by atoms with Gasteiger partial charge in [0.05, 0.1) is 4.90 Å². The first-order chi connectivity index (χ1) is 12.3. The molecule has 6 nitrogen and oxygen atoms in total. The quantitative estimate of drug-likeness (QED) is 0.721. The summed E-state index contributed by atoms with van der Waals surface area (Å²) in [4.78, 5) is 12.1. The zero-order valence-corrected chi connectivity index (χ0v) is 14.9. The number of carbonyl (C=O) groups is 1. The topological polar surface area (TPSA) is 98.5 Å². The minimum atomic E-state index is -3.85. The third kappa shape index (κ3) is 4.19. The molecular weight excluding hydrogens is 352 g/mol. The van der Waals surface area contributed by atoms with Crippen molar-refractivity contribution in [1.29, 1.82) is 0 Å². The molecular formula is C19H18N2O4S. The molecule has 0 saturated carbocycles. The van der Waals surface area contributed by atoms with Crippen molar-refractivity contribution in [3.05, 3.63) is 66.2 Å². The Hall–Kier alpha value is -2.90. The lowest BCUT2D eigenvalue weighted by Crippen LogP contribution is -2.21. The summed E-state index contributed by atoms with van der Waals surface area (Å²) in [6.45, 7) is 1.44. The number of sulfonamides is 1. The first kappa shape index (κ1) is 17.9. The minimum Gasteiger partial charge on any atom is -0.484 e. The molecule has 3 rings (SSSR count). The Bertz CT molecular complexity index is 1080. The van der Waals surface area contributed by atoms with Gasteiger partial charge in [0, 0.05) is 5.69 Å². The highest BCUT2D eigenvalue weighted by Gasteiger charge is 2.13. The van der Waals surface area contributed by atoms with Crippen LogP contribution in [0.1, 0.15) is 5.56 Å². The van der Waals surface area contributed by atoms with Crippen LogP contribution >= 0.6 is 0 Å². The van der Waals surface area contributed by atoms with Gasteiger partial charge in [-0.2, -0.15) is 0 Å². The Morgan fingerprint density at radius 1 is 1.04 bits per heavy atom. The van der Waals surface area contributed by atoms with Gasteiger partial charge in [-0.3, -0.25) is 4.79 Å². The van der Waals surface area contributed by atoms with E-state index in [9.17, 15) is 13.2 Å². The van der Waals surface area contributed by atoms with E-state index in [1.807, 2.05) is 36.4 Å². The molecule has 3 N–H and O–H groups in total. The van der Waals surface area contributed by atoms with Gasteiger partial charge in [0.2, 0.25) is 10.0 Å². The number of primary sulfonamides is 1. The molecule has 0 saturated heterocycles. The third-order valence-corrected chi connectivity index (χ3v) is 4.92. The second-order valence-corrected chi connectivity index (χ2v) is 7.40. The second kappa shape index (κ2) is 7.15. The highest BCUT2D eigenvalue weighted by Crippen LogP contribution is 2.21. The fourth-order valence-electron chi connectivity index (χ4n) is 2.59. The summed E-state index contributed by atoms with van der Waals surface area (Å²) >= 11 is 0. The first-order valence-corrected chi connectivity index (χ1v) is 9.42. The molecule has 0 aliphatic carbocycles. The lowest BCUT2D eigenvalue weighted by molar-refractivity contribution is -0.118.